The van der Waals surface area contributed by atoms with Gasteiger partial charge in [-0.3, -0.25) is 9.59 Å². The molecule has 0 aromatic carbocycles. The van der Waals surface area contributed by atoms with Crippen molar-refractivity contribution in [2.75, 3.05) is 41.0 Å². The lowest BCUT2D eigenvalue weighted by Gasteiger charge is -2.31. The summed E-state index contributed by atoms with van der Waals surface area (Å²) >= 11 is 0. The second kappa shape index (κ2) is 30.4. The monoisotopic (exact) mass is 660 g/mol. The molecule has 8 nitrogen and oxygen atoms in total. The molecule has 1 N–H and O–H groups in total. The summed E-state index contributed by atoms with van der Waals surface area (Å²) in [6.07, 6.45) is 34.4. The van der Waals surface area contributed by atoms with Gasteiger partial charge in [-0.15, -0.1) is 0 Å². The molecule has 0 aromatic rings. The molecule has 2 unspecified atom stereocenters. The number of ether oxygens (including phenoxy) is 3. The summed E-state index contributed by atoms with van der Waals surface area (Å²) in [7, 11) is 5.48. The molecule has 0 rings (SSSR count). The number of quaternary nitrogens is 1. The summed E-state index contributed by atoms with van der Waals surface area (Å²) < 4.78 is 17.0. The third-order valence-corrected chi connectivity index (χ3v) is 7.43. The van der Waals surface area contributed by atoms with Gasteiger partial charge < -0.3 is 23.8 Å². The first-order chi connectivity index (χ1) is 22.6. The maximum Gasteiger partial charge on any atom is 0.362 e. The predicted octanol–water partition coefficient (Wildman–Crippen LogP) is 8.68. The molecule has 0 aliphatic carbocycles. The summed E-state index contributed by atoms with van der Waals surface area (Å²) in [6.45, 7) is 4.36. The highest BCUT2D eigenvalue weighted by Gasteiger charge is 2.31. The van der Waals surface area contributed by atoms with Gasteiger partial charge in [0, 0.05) is 19.3 Å². The second-order valence-corrected chi connectivity index (χ2v) is 12.7. The predicted molar refractivity (Wildman–Crippen MR) is 192 cm³/mol. The summed E-state index contributed by atoms with van der Waals surface area (Å²) in [5.41, 5.74) is 0. The number of carbonyl (C=O) groups is 3. The number of nitrogens with zero attached hydrogens (tertiary/aromatic N) is 1. The Labute approximate surface area is 286 Å². The van der Waals surface area contributed by atoms with E-state index in [2.05, 4.69) is 62.5 Å². The quantitative estimate of drug-likeness (QED) is 0.0356. The minimum Gasteiger partial charge on any atom is -0.477 e. The van der Waals surface area contributed by atoms with Gasteiger partial charge in [0.1, 0.15) is 6.61 Å². The number of carbonyl (C=O) groups excluding carboxylic acids is 2. The molecule has 0 aliphatic heterocycles. The number of unbranched alkanes of at least 4 members (excludes halogenated alkanes) is 6. The Hall–Kier alpha value is -2.97. The van der Waals surface area contributed by atoms with Crippen molar-refractivity contribution in [2.45, 2.75) is 129 Å². The zero-order valence-electron chi connectivity index (χ0n) is 30.2. The summed E-state index contributed by atoms with van der Waals surface area (Å²) in [5, 5.41) is 9.55. The molecule has 0 spiro atoms. The number of likely N-dealkylation sites (N-methyl/N-ethyl adjacent to an activating group) is 1. The number of allylic oxidation sites excluding steroid dienone is 10. The number of aliphatic carboxylic acids is 1. The molecule has 2 atom stereocenters. The van der Waals surface area contributed by atoms with E-state index in [-0.39, 0.29) is 42.7 Å². The van der Waals surface area contributed by atoms with Gasteiger partial charge >= 0.3 is 17.9 Å². The fraction of sp³-hybridized carbons (Fsp3) is 0.667. The highest BCUT2D eigenvalue weighted by atomic mass is 16.6. The zero-order chi connectivity index (χ0) is 35.0. The largest absolute Gasteiger partial charge is 0.477 e. The molecule has 47 heavy (non-hydrogen) atoms. The summed E-state index contributed by atoms with van der Waals surface area (Å²) in [6, 6.07) is -0.624. The molecule has 0 aromatic heterocycles. The fourth-order valence-electron chi connectivity index (χ4n) is 4.69. The van der Waals surface area contributed by atoms with E-state index in [0.29, 0.717) is 19.3 Å². The van der Waals surface area contributed by atoms with Gasteiger partial charge in [-0.25, -0.2) is 4.79 Å². The summed E-state index contributed by atoms with van der Waals surface area (Å²) in [5.74, 6) is -1.59. The first-order valence-electron chi connectivity index (χ1n) is 17.8. The van der Waals surface area contributed by atoms with Crippen molar-refractivity contribution < 1.29 is 38.2 Å². The van der Waals surface area contributed by atoms with Crippen LogP contribution in [0, 0.1) is 0 Å². The lowest BCUT2D eigenvalue weighted by Crippen LogP contribution is -2.50. The van der Waals surface area contributed by atoms with Crippen LogP contribution in [0.4, 0.5) is 0 Å². The van der Waals surface area contributed by atoms with Crippen molar-refractivity contribution in [1.82, 2.24) is 0 Å². The van der Waals surface area contributed by atoms with E-state index in [1.54, 1.807) is 0 Å². The average molecular weight is 661 g/mol. The molecular formula is C39H66NO7+. The van der Waals surface area contributed by atoms with Crippen LogP contribution in [0.1, 0.15) is 117 Å². The topological polar surface area (TPSA) is 99.1 Å². The maximum atomic E-state index is 12.6. The van der Waals surface area contributed by atoms with Crippen LogP contribution in [0.25, 0.3) is 0 Å². The average Bonchev–Trinajstić information content (AvgIpc) is 3.01. The van der Waals surface area contributed by atoms with E-state index in [4.69, 9.17) is 14.2 Å². The number of hydrogen-bond acceptors (Lipinski definition) is 6. The van der Waals surface area contributed by atoms with Gasteiger partial charge in [0.05, 0.1) is 34.4 Å². The molecule has 0 aliphatic rings. The Kier molecular flexibility index (Phi) is 28.4. The maximum absolute atomic E-state index is 12.6. The number of hydrogen-bond donors (Lipinski definition) is 1. The van der Waals surface area contributed by atoms with Gasteiger partial charge in [-0.1, -0.05) is 100 Å². The smallest absolute Gasteiger partial charge is 0.362 e. The lowest BCUT2D eigenvalue weighted by atomic mass is 10.1. The van der Waals surface area contributed by atoms with E-state index in [0.717, 1.165) is 64.2 Å². The van der Waals surface area contributed by atoms with Crippen LogP contribution < -0.4 is 0 Å². The van der Waals surface area contributed by atoms with E-state index in [1.807, 2.05) is 33.3 Å². The van der Waals surface area contributed by atoms with E-state index >= 15 is 0 Å². The first kappa shape index (κ1) is 44.0. The highest BCUT2D eigenvalue weighted by molar-refractivity contribution is 5.72. The van der Waals surface area contributed by atoms with Crippen LogP contribution in [0.2, 0.25) is 0 Å². The van der Waals surface area contributed by atoms with Crippen LogP contribution in [-0.4, -0.2) is 80.6 Å². The molecule has 0 saturated carbocycles. The Bertz CT molecular complexity index is 959. The molecule has 0 heterocycles. The third-order valence-electron chi connectivity index (χ3n) is 7.43. The van der Waals surface area contributed by atoms with Crippen molar-refractivity contribution in [2.24, 2.45) is 0 Å². The number of rotatable bonds is 30. The first-order valence-corrected chi connectivity index (χ1v) is 17.8. The minimum atomic E-state index is -0.889. The van der Waals surface area contributed by atoms with E-state index in [9.17, 15) is 19.5 Å². The van der Waals surface area contributed by atoms with Crippen molar-refractivity contribution >= 4 is 17.9 Å². The van der Waals surface area contributed by atoms with Crippen molar-refractivity contribution in [3.8, 4) is 0 Å². The van der Waals surface area contributed by atoms with Gasteiger partial charge in [0.15, 0.2) is 12.1 Å². The minimum absolute atomic E-state index is 0.0349. The number of carboxylic acid groups (broad SMARTS) is 1. The van der Waals surface area contributed by atoms with E-state index < -0.39 is 18.1 Å². The molecular weight excluding hydrogens is 594 g/mol. The zero-order valence-corrected chi connectivity index (χ0v) is 30.2. The Balaban J connectivity index is 4.46. The van der Waals surface area contributed by atoms with Crippen molar-refractivity contribution in [1.29, 1.82) is 0 Å². The summed E-state index contributed by atoms with van der Waals surface area (Å²) in [4.78, 5) is 36.5. The fourth-order valence-corrected chi connectivity index (χ4v) is 4.69. The Morgan fingerprint density at radius 1 is 0.638 bits per heavy atom. The molecule has 0 fully saturated rings. The van der Waals surface area contributed by atoms with Crippen molar-refractivity contribution in [3.05, 3.63) is 60.8 Å². The van der Waals surface area contributed by atoms with Gasteiger partial charge in [-0.05, 0) is 57.8 Å². The van der Waals surface area contributed by atoms with Crippen LogP contribution in [-0.2, 0) is 28.6 Å². The number of esters is 2. The Morgan fingerprint density at radius 3 is 1.74 bits per heavy atom. The van der Waals surface area contributed by atoms with Gasteiger partial charge in [0.2, 0.25) is 0 Å². The van der Waals surface area contributed by atoms with Crippen LogP contribution in [0.15, 0.2) is 60.8 Å². The van der Waals surface area contributed by atoms with Crippen molar-refractivity contribution in [3.63, 3.8) is 0 Å². The SMILES string of the molecule is CC/C=C/C/C=C/C/C=C/CCCCCCCCC(=O)OC(COCCC(C(=O)O)[N+](C)(C)C)COC(=O)CC/C=C/C/C=C/CC. The van der Waals surface area contributed by atoms with Gasteiger partial charge in [0.25, 0.3) is 0 Å². The van der Waals surface area contributed by atoms with E-state index in [1.165, 1.54) is 12.8 Å². The van der Waals surface area contributed by atoms with Crippen LogP contribution in [0.3, 0.4) is 0 Å². The molecule has 8 heteroatoms. The van der Waals surface area contributed by atoms with Gasteiger partial charge in [-0.2, -0.15) is 0 Å². The molecule has 268 valence electrons. The number of carboxylic acids is 1. The lowest BCUT2D eigenvalue weighted by molar-refractivity contribution is -0.887. The normalized spacial score (nSPS) is 13.8. The van der Waals surface area contributed by atoms with Crippen LogP contribution >= 0.6 is 0 Å². The van der Waals surface area contributed by atoms with Crippen LogP contribution in [0.5, 0.6) is 0 Å². The molecule has 0 amide bonds. The third kappa shape index (κ3) is 28.9. The standard InChI is InChI=1S/C39H65NO7/c1-6-8-10-12-14-15-16-17-18-19-20-21-22-24-26-28-30-38(42)47-35(33-45-32-31-36(39(43)44)40(3,4)5)34-46-37(41)29-27-25-23-13-11-9-7-2/h8-11,14-15,17-18,23,25,35-36H,6-7,12-13,16,19-22,24,26-34H2,1-5H3/p+1/b10-8+,11-9+,15-14+,18-17+,25-23+. The Morgan fingerprint density at radius 2 is 1.17 bits per heavy atom. The highest BCUT2D eigenvalue weighted by Crippen LogP contribution is 2.12. The molecule has 0 saturated heterocycles. The molecule has 0 bridgehead atoms. The molecule has 0 radical (unpaired) electrons. The second-order valence-electron chi connectivity index (χ2n) is 12.7.